The average Bonchev–Trinajstić information content (AvgIpc) is 3.60. The van der Waals surface area contributed by atoms with Crippen LogP contribution >= 0.6 is 12.2 Å². The van der Waals surface area contributed by atoms with Crippen LogP contribution in [0.1, 0.15) is 39.5 Å². The lowest BCUT2D eigenvalue weighted by Crippen LogP contribution is -2.29. The van der Waals surface area contributed by atoms with Gasteiger partial charge in [0.25, 0.3) is 0 Å². The molecule has 3 aromatic carbocycles. The minimum atomic E-state index is -0.991. The predicted octanol–water partition coefficient (Wildman–Crippen LogP) is 7.32. The average molecular weight is 548 g/mol. The Balaban J connectivity index is 1.36. The minimum absolute atomic E-state index is 0.195. The van der Waals surface area contributed by atoms with Crippen LogP contribution in [0.2, 0.25) is 0 Å². The van der Waals surface area contributed by atoms with Crippen molar-refractivity contribution in [2.24, 2.45) is 0 Å². The molecule has 0 saturated carbocycles. The molecule has 0 unspecified atom stereocenters. The van der Waals surface area contributed by atoms with Crippen LogP contribution in [-0.4, -0.2) is 21.2 Å². The lowest BCUT2D eigenvalue weighted by Gasteiger charge is -2.26. The summed E-state index contributed by atoms with van der Waals surface area (Å²) in [5.41, 5.74) is 3.61. The Labute approximate surface area is 236 Å². The van der Waals surface area contributed by atoms with Gasteiger partial charge in [0, 0.05) is 17.4 Å². The summed E-state index contributed by atoms with van der Waals surface area (Å²) in [4.78, 5) is 18.1. The number of aryl methyl sites for hydroxylation is 1. The first-order valence-electron chi connectivity index (χ1n) is 12.8. The van der Waals surface area contributed by atoms with Crippen molar-refractivity contribution in [2.45, 2.75) is 19.0 Å². The number of carboxylic acids is 1. The standard InChI is InChI=1S/C32H25N3O4S/c1-20-7-2-3-11-26(20)38-24-14-12-23(13-15-24)35-30(29(34-32(35)40)25-10-4-5-18-33-25)28-17-16-27(39-28)21-8-6-9-22(19-21)31(36)37/h2-19,29-30H,1H3,(H,34,40)(H,36,37)/t29-,30+/m0/s1. The first-order chi connectivity index (χ1) is 19.5. The Hall–Kier alpha value is -4.95. The second-order valence-corrected chi connectivity index (χ2v) is 9.83. The molecule has 2 aromatic heterocycles. The Bertz CT molecular complexity index is 1680. The van der Waals surface area contributed by atoms with E-state index in [1.165, 1.54) is 0 Å². The highest BCUT2D eigenvalue weighted by Crippen LogP contribution is 2.43. The number of aromatic carboxylic acids is 1. The van der Waals surface area contributed by atoms with Gasteiger partial charge >= 0.3 is 5.97 Å². The van der Waals surface area contributed by atoms with Crippen LogP contribution in [0.4, 0.5) is 5.69 Å². The number of hydrogen-bond acceptors (Lipinski definition) is 5. The van der Waals surface area contributed by atoms with Crippen molar-refractivity contribution in [3.8, 4) is 22.8 Å². The molecular formula is C32H25N3O4S. The normalized spacial score (nSPS) is 16.5. The van der Waals surface area contributed by atoms with Crippen molar-refractivity contribution in [3.05, 3.63) is 132 Å². The van der Waals surface area contributed by atoms with Crippen LogP contribution in [0.3, 0.4) is 0 Å². The van der Waals surface area contributed by atoms with E-state index in [2.05, 4.69) is 10.3 Å². The zero-order valence-corrected chi connectivity index (χ0v) is 22.3. The van der Waals surface area contributed by atoms with E-state index in [1.54, 1.807) is 24.4 Å². The van der Waals surface area contributed by atoms with Gasteiger partial charge in [-0.3, -0.25) is 4.98 Å². The molecule has 2 atom stereocenters. The highest BCUT2D eigenvalue weighted by molar-refractivity contribution is 7.80. The number of carboxylic acid groups (broad SMARTS) is 1. The van der Waals surface area contributed by atoms with Gasteiger partial charge in [0.2, 0.25) is 0 Å². The third-order valence-electron chi connectivity index (χ3n) is 6.85. The summed E-state index contributed by atoms with van der Waals surface area (Å²) >= 11 is 5.83. The second-order valence-electron chi connectivity index (χ2n) is 9.45. The maximum Gasteiger partial charge on any atom is 0.335 e. The number of anilines is 1. The molecule has 6 rings (SSSR count). The molecule has 5 aromatic rings. The molecule has 0 bridgehead atoms. The quantitative estimate of drug-likeness (QED) is 0.205. The van der Waals surface area contributed by atoms with Crippen molar-refractivity contribution in [1.29, 1.82) is 0 Å². The van der Waals surface area contributed by atoms with Gasteiger partial charge in [-0.2, -0.15) is 0 Å². The summed E-state index contributed by atoms with van der Waals surface area (Å²) in [6.07, 6.45) is 1.75. The van der Waals surface area contributed by atoms with Gasteiger partial charge in [-0.25, -0.2) is 4.79 Å². The number of rotatable bonds is 7. The molecule has 0 aliphatic carbocycles. The Morgan fingerprint density at radius 3 is 2.52 bits per heavy atom. The third-order valence-corrected chi connectivity index (χ3v) is 7.16. The fourth-order valence-electron chi connectivity index (χ4n) is 4.87. The molecule has 2 N–H and O–H groups in total. The van der Waals surface area contributed by atoms with Crippen molar-refractivity contribution >= 4 is 29.0 Å². The molecule has 1 aliphatic rings. The van der Waals surface area contributed by atoms with E-state index in [-0.39, 0.29) is 17.6 Å². The number of nitrogens with one attached hydrogen (secondary N) is 1. The first-order valence-corrected chi connectivity index (χ1v) is 13.2. The smallest absolute Gasteiger partial charge is 0.335 e. The zero-order chi connectivity index (χ0) is 27.6. The van der Waals surface area contributed by atoms with E-state index in [9.17, 15) is 9.90 Å². The van der Waals surface area contributed by atoms with E-state index >= 15 is 0 Å². The monoisotopic (exact) mass is 547 g/mol. The zero-order valence-electron chi connectivity index (χ0n) is 21.5. The van der Waals surface area contributed by atoms with Gasteiger partial charge in [0.05, 0.1) is 17.3 Å². The van der Waals surface area contributed by atoms with Gasteiger partial charge in [-0.15, -0.1) is 0 Å². The van der Waals surface area contributed by atoms with Gasteiger partial charge in [-0.1, -0.05) is 36.4 Å². The second kappa shape index (κ2) is 10.7. The maximum absolute atomic E-state index is 11.5. The summed E-state index contributed by atoms with van der Waals surface area (Å²) < 4.78 is 12.5. The number of furan rings is 1. The van der Waals surface area contributed by atoms with Crippen LogP contribution in [0, 0.1) is 6.92 Å². The van der Waals surface area contributed by atoms with Crippen molar-refractivity contribution in [1.82, 2.24) is 10.3 Å². The molecule has 40 heavy (non-hydrogen) atoms. The highest BCUT2D eigenvalue weighted by Gasteiger charge is 2.42. The Kier molecular flexibility index (Phi) is 6.76. The Morgan fingerprint density at radius 2 is 1.77 bits per heavy atom. The maximum atomic E-state index is 11.5. The fraction of sp³-hybridized carbons (Fsp3) is 0.0938. The van der Waals surface area contributed by atoms with Gasteiger partial charge in [0.15, 0.2) is 5.11 Å². The predicted molar refractivity (Wildman–Crippen MR) is 157 cm³/mol. The molecule has 1 fully saturated rings. The molecule has 0 spiro atoms. The number of ether oxygens (including phenoxy) is 1. The summed E-state index contributed by atoms with van der Waals surface area (Å²) in [7, 11) is 0. The van der Waals surface area contributed by atoms with Gasteiger partial charge in [0.1, 0.15) is 29.1 Å². The van der Waals surface area contributed by atoms with Crippen LogP contribution in [-0.2, 0) is 0 Å². The molecule has 1 saturated heterocycles. The molecule has 0 radical (unpaired) electrons. The molecule has 7 nitrogen and oxygen atoms in total. The number of thiocarbonyl (C=S) groups is 1. The van der Waals surface area contributed by atoms with Gasteiger partial charge in [-0.05, 0) is 91.4 Å². The van der Waals surface area contributed by atoms with E-state index in [0.717, 1.165) is 22.7 Å². The summed E-state index contributed by atoms with van der Waals surface area (Å²) in [5.74, 6) is 1.76. The molecule has 0 amide bonds. The van der Waals surface area contributed by atoms with Crippen LogP contribution in [0.25, 0.3) is 11.3 Å². The SMILES string of the molecule is Cc1ccccc1Oc1ccc(N2C(=S)N[C@@H](c3ccccn3)[C@H]2c2ccc(-c3cccc(C(=O)O)c3)o2)cc1. The number of benzene rings is 3. The number of pyridine rings is 1. The van der Waals surface area contributed by atoms with Crippen molar-refractivity contribution in [3.63, 3.8) is 0 Å². The number of para-hydroxylation sites is 1. The molecule has 3 heterocycles. The topological polar surface area (TPSA) is 87.8 Å². The molecule has 8 heteroatoms. The number of hydrogen-bond donors (Lipinski definition) is 2. The van der Waals surface area contributed by atoms with Crippen LogP contribution in [0.15, 0.2) is 114 Å². The third kappa shape index (κ3) is 4.92. The first kappa shape index (κ1) is 25.3. The molecule has 1 aliphatic heterocycles. The van der Waals surface area contributed by atoms with Gasteiger partial charge < -0.3 is 24.5 Å². The highest BCUT2D eigenvalue weighted by atomic mass is 32.1. The molecular weight excluding hydrogens is 522 g/mol. The number of carbonyl (C=O) groups is 1. The van der Waals surface area contributed by atoms with E-state index in [0.29, 0.717) is 27.9 Å². The van der Waals surface area contributed by atoms with Crippen molar-refractivity contribution < 1.29 is 19.1 Å². The van der Waals surface area contributed by atoms with E-state index in [4.69, 9.17) is 21.4 Å². The number of aromatic nitrogens is 1. The van der Waals surface area contributed by atoms with Crippen molar-refractivity contribution in [2.75, 3.05) is 4.90 Å². The lowest BCUT2D eigenvalue weighted by molar-refractivity contribution is 0.0697. The summed E-state index contributed by atoms with van der Waals surface area (Å²) in [6, 6.07) is 31.2. The van der Waals surface area contributed by atoms with E-state index < -0.39 is 5.97 Å². The lowest BCUT2D eigenvalue weighted by atomic mass is 10.0. The summed E-state index contributed by atoms with van der Waals surface area (Å²) in [5, 5.41) is 13.4. The van der Waals surface area contributed by atoms with Crippen LogP contribution in [0.5, 0.6) is 11.5 Å². The summed E-state index contributed by atoms with van der Waals surface area (Å²) in [6.45, 7) is 2.01. The fourth-order valence-corrected chi connectivity index (χ4v) is 5.21. The Morgan fingerprint density at radius 1 is 0.975 bits per heavy atom. The number of nitrogens with zero attached hydrogens (tertiary/aromatic N) is 2. The van der Waals surface area contributed by atoms with E-state index in [1.807, 2.05) is 96.8 Å². The largest absolute Gasteiger partial charge is 0.478 e. The minimum Gasteiger partial charge on any atom is -0.478 e. The molecule has 198 valence electrons. The van der Waals surface area contributed by atoms with Crippen LogP contribution < -0.4 is 15.0 Å².